The Kier molecular flexibility index (Phi) is 4.42. The van der Waals surface area contributed by atoms with Crippen LogP contribution in [-0.4, -0.2) is 53.5 Å². The molecule has 0 bridgehead atoms. The third kappa shape index (κ3) is 3.06. The molecular weight excluding hydrogens is 310 g/mol. The number of rotatable bonds is 2. The fourth-order valence-corrected chi connectivity index (χ4v) is 2.64. The lowest BCUT2D eigenvalue weighted by Gasteiger charge is -2.32. The minimum absolute atomic E-state index is 0.165. The zero-order valence-corrected chi connectivity index (χ0v) is 12.8. The highest BCUT2D eigenvalue weighted by atomic mass is 79.9. The number of pyridine rings is 1. The second-order valence-corrected chi connectivity index (χ2v) is 5.67. The van der Waals surface area contributed by atoms with Crippen molar-refractivity contribution in [3.05, 3.63) is 32.7 Å². The minimum atomic E-state index is -0.213. The summed E-state index contributed by atoms with van der Waals surface area (Å²) in [5.41, 5.74) is 0.0374. The molecule has 6 heteroatoms. The molecule has 1 fully saturated rings. The van der Waals surface area contributed by atoms with Crippen LogP contribution in [0.4, 0.5) is 0 Å². The van der Waals surface area contributed by atoms with Gasteiger partial charge in [-0.05, 0) is 36.0 Å². The number of nitrogens with zero attached hydrogens (tertiary/aromatic N) is 3. The average Bonchev–Trinajstić information content (AvgIpc) is 2.41. The summed E-state index contributed by atoms with van der Waals surface area (Å²) in [7, 11) is 2.03. The topological polar surface area (TPSA) is 45.6 Å². The van der Waals surface area contributed by atoms with Gasteiger partial charge in [0.2, 0.25) is 0 Å². The molecule has 1 amide bonds. The van der Waals surface area contributed by atoms with Crippen molar-refractivity contribution < 1.29 is 4.79 Å². The third-order valence-electron chi connectivity index (χ3n) is 3.41. The summed E-state index contributed by atoms with van der Waals surface area (Å²) < 4.78 is 2.30. The summed E-state index contributed by atoms with van der Waals surface area (Å²) in [4.78, 5) is 28.5. The van der Waals surface area contributed by atoms with Gasteiger partial charge in [0.1, 0.15) is 5.56 Å². The second kappa shape index (κ2) is 5.88. The monoisotopic (exact) mass is 327 g/mol. The van der Waals surface area contributed by atoms with Gasteiger partial charge in [-0.2, -0.15) is 0 Å². The van der Waals surface area contributed by atoms with Gasteiger partial charge in [0.05, 0.1) is 0 Å². The van der Waals surface area contributed by atoms with Crippen molar-refractivity contribution in [2.45, 2.75) is 13.5 Å². The Labute approximate surface area is 120 Å². The minimum Gasteiger partial charge on any atom is -0.336 e. The first kappa shape index (κ1) is 14.3. The molecule has 1 aromatic heterocycles. The summed E-state index contributed by atoms with van der Waals surface area (Å²) in [6, 6.07) is 1.62. The van der Waals surface area contributed by atoms with Crippen LogP contribution in [0.15, 0.2) is 21.5 Å². The molecule has 19 heavy (non-hydrogen) atoms. The van der Waals surface area contributed by atoms with E-state index in [0.717, 1.165) is 17.6 Å². The second-order valence-electron chi connectivity index (χ2n) is 4.76. The van der Waals surface area contributed by atoms with E-state index in [9.17, 15) is 9.59 Å². The quantitative estimate of drug-likeness (QED) is 0.814. The van der Waals surface area contributed by atoms with Gasteiger partial charge >= 0.3 is 0 Å². The molecule has 0 aromatic carbocycles. The van der Waals surface area contributed by atoms with Gasteiger partial charge in [0.25, 0.3) is 11.5 Å². The van der Waals surface area contributed by atoms with Crippen LogP contribution >= 0.6 is 15.9 Å². The van der Waals surface area contributed by atoms with Crippen LogP contribution in [-0.2, 0) is 6.54 Å². The van der Waals surface area contributed by atoms with Gasteiger partial charge in [0, 0.05) is 43.4 Å². The molecule has 0 unspecified atom stereocenters. The number of carbonyl (C=O) groups is 1. The molecule has 1 aliphatic rings. The lowest BCUT2D eigenvalue weighted by atomic mass is 10.2. The number of hydrogen-bond donors (Lipinski definition) is 0. The highest BCUT2D eigenvalue weighted by Gasteiger charge is 2.23. The Hall–Kier alpha value is -1.14. The van der Waals surface area contributed by atoms with Gasteiger partial charge in [0.15, 0.2) is 0 Å². The van der Waals surface area contributed by atoms with E-state index in [4.69, 9.17) is 0 Å². The molecule has 0 aliphatic carbocycles. The van der Waals surface area contributed by atoms with E-state index in [1.54, 1.807) is 21.7 Å². The lowest BCUT2D eigenvalue weighted by Crippen LogP contribution is -2.48. The summed E-state index contributed by atoms with van der Waals surface area (Å²) >= 11 is 3.35. The number of aryl methyl sites for hydroxylation is 1. The highest BCUT2D eigenvalue weighted by Crippen LogP contribution is 2.11. The van der Waals surface area contributed by atoms with Crippen molar-refractivity contribution in [2.75, 3.05) is 33.2 Å². The summed E-state index contributed by atoms with van der Waals surface area (Å²) in [6.07, 6.45) is 1.71. The van der Waals surface area contributed by atoms with Gasteiger partial charge < -0.3 is 14.4 Å². The molecule has 1 aromatic rings. The number of carbonyl (C=O) groups excluding carboxylic acids is 1. The summed E-state index contributed by atoms with van der Waals surface area (Å²) in [6.45, 7) is 5.49. The van der Waals surface area contributed by atoms with Crippen LogP contribution in [0.25, 0.3) is 0 Å². The first-order chi connectivity index (χ1) is 9.02. The summed E-state index contributed by atoms with van der Waals surface area (Å²) in [5, 5.41) is 0. The fourth-order valence-electron chi connectivity index (χ4n) is 2.17. The Balaban J connectivity index is 2.29. The number of piperazine rings is 1. The van der Waals surface area contributed by atoms with E-state index >= 15 is 0 Å². The average molecular weight is 328 g/mol. The number of hydrogen-bond acceptors (Lipinski definition) is 3. The van der Waals surface area contributed by atoms with E-state index in [0.29, 0.717) is 19.6 Å². The molecule has 0 saturated carbocycles. The standard InChI is InChI=1S/C13H18BrN3O2/c1-3-16-9-10(14)8-11(12(16)18)13(19)17-6-4-15(2)5-7-17/h8-9H,3-7H2,1-2H3. The Morgan fingerprint density at radius 3 is 2.53 bits per heavy atom. The predicted molar refractivity (Wildman–Crippen MR) is 77.5 cm³/mol. The third-order valence-corrected chi connectivity index (χ3v) is 3.85. The number of halogens is 1. The molecule has 2 heterocycles. The Morgan fingerprint density at radius 1 is 1.32 bits per heavy atom. The van der Waals surface area contributed by atoms with Gasteiger partial charge in [-0.1, -0.05) is 0 Å². The fraction of sp³-hybridized carbons (Fsp3) is 0.538. The maximum Gasteiger partial charge on any atom is 0.263 e. The van der Waals surface area contributed by atoms with Crippen LogP contribution in [0.1, 0.15) is 17.3 Å². The zero-order chi connectivity index (χ0) is 14.0. The molecule has 2 rings (SSSR count). The first-order valence-electron chi connectivity index (χ1n) is 6.40. The van der Waals surface area contributed by atoms with Gasteiger partial charge in [-0.3, -0.25) is 9.59 Å². The number of likely N-dealkylation sites (N-methyl/N-ethyl adjacent to an activating group) is 1. The van der Waals surface area contributed by atoms with Gasteiger partial charge in [-0.15, -0.1) is 0 Å². The Bertz CT molecular complexity index is 533. The maximum absolute atomic E-state index is 12.4. The SMILES string of the molecule is CCn1cc(Br)cc(C(=O)N2CCN(C)CC2)c1=O. The molecular formula is C13H18BrN3O2. The summed E-state index contributed by atoms with van der Waals surface area (Å²) in [5.74, 6) is -0.165. The van der Waals surface area contributed by atoms with Crippen molar-refractivity contribution in [3.63, 3.8) is 0 Å². The van der Waals surface area contributed by atoms with E-state index < -0.39 is 0 Å². The predicted octanol–water partition coefficient (Wildman–Crippen LogP) is 1.02. The Morgan fingerprint density at radius 2 is 1.95 bits per heavy atom. The number of aromatic nitrogens is 1. The largest absolute Gasteiger partial charge is 0.336 e. The zero-order valence-electron chi connectivity index (χ0n) is 11.2. The molecule has 0 N–H and O–H groups in total. The van der Waals surface area contributed by atoms with Crippen LogP contribution in [0, 0.1) is 0 Å². The van der Waals surface area contributed by atoms with E-state index in [1.807, 2.05) is 14.0 Å². The van der Waals surface area contributed by atoms with Crippen molar-refractivity contribution in [3.8, 4) is 0 Å². The smallest absolute Gasteiger partial charge is 0.263 e. The van der Waals surface area contributed by atoms with E-state index in [1.165, 1.54) is 0 Å². The van der Waals surface area contributed by atoms with Crippen LogP contribution < -0.4 is 5.56 Å². The maximum atomic E-state index is 12.4. The van der Waals surface area contributed by atoms with Crippen LogP contribution in [0.2, 0.25) is 0 Å². The molecule has 1 saturated heterocycles. The molecule has 0 radical (unpaired) electrons. The molecule has 1 aliphatic heterocycles. The van der Waals surface area contributed by atoms with Crippen molar-refractivity contribution >= 4 is 21.8 Å². The first-order valence-corrected chi connectivity index (χ1v) is 7.20. The molecule has 5 nitrogen and oxygen atoms in total. The number of amides is 1. The molecule has 0 spiro atoms. The highest BCUT2D eigenvalue weighted by molar-refractivity contribution is 9.10. The molecule has 0 atom stereocenters. The van der Waals surface area contributed by atoms with E-state index in [-0.39, 0.29) is 17.0 Å². The van der Waals surface area contributed by atoms with Crippen molar-refractivity contribution in [1.29, 1.82) is 0 Å². The normalized spacial score (nSPS) is 16.7. The molecule has 104 valence electrons. The lowest BCUT2D eigenvalue weighted by molar-refractivity contribution is 0.0661. The van der Waals surface area contributed by atoms with Crippen LogP contribution in [0.3, 0.4) is 0 Å². The van der Waals surface area contributed by atoms with Crippen molar-refractivity contribution in [1.82, 2.24) is 14.4 Å². The van der Waals surface area contributed by atoms with Gasteiger partial charge in [-0.25, -0.2) is 0 Å². The van der Waals surface area contributed by atoms with Crippen LogP contribution in [0.5, 0.6) is 0 Å². The van der Waals surface area contributed by atoms with Crippen molar-refractivity contribution in [2.24, 2.45) is 0 Å². The van der Waals surface area contributed by atoms with E-state index in [2.05, 4.69) is 20.8 Å².